The van der Waals surface area contributed by atoms with Gasteiger partial charge in [-0.1, -0.05) is 6.07 Å². The third kappa shape index (κ3) is 4.09. The van der Waals surface area contributed by atoms with Crippen molar-refractivity contribution in [2.45, 2.75) is 19.4 Å². The number of nitrogens with one attached hydrogen (secondary N) is 2. The number of hydrogen-bond donors (Lipinski definition) is 2. The first-order valence-corrected chi connectivity index (χ1v) is 9.00. The number of carbonyl (C=O) groups excluding carboxylic acids is 2. The first kappa shape index (κ1) is 16.4. The van der Waals surface area contributed by atoms with Gasteiger partial charge in [0.25, 0.3) is 5.91 Å². The minimum atomic E-state index is -0.364. The quantitative estimate of drug-likeness (QED) is 0.704. The molecule has 0 unspecified atom stereocenters. The Morgan fingerprint density at radius 1 is 1.29 bits per heavy atom. The average molecular weight is 361 g/mol. The van der Waals surface area contributed by atoms with Crippen LogP contribution in [0.2, 0.25) is 0 Å². The van der Waals surface area contributed by atoms with Crippen LogP contribution in [0, 0.1) is 0 Å². The van der Waals surface area contributed by atoms with Gasteiger partial charge in [0.2, 0.25) is 5.91 Å². The summed E-state index contributed by atoms with van der Waals surface area (Å²) in [6.45, 7) is 1.94. The van der Waals surface area contributed by atoms with Gasteiger partial charge in [-0.05, 0) is 30.5 Å². The molecule has 0 bridgehead atoms. The van der Waals surface area contributed by atoms with Crippen LogP contribution in [0.1, 0.15) is 34.1 Å². The van der Waals surface area contributed by atoms with Gasteiger partial charge in [-0.25, -0.2) is 4.98 Å². The van der Waals surface area contributed by atoms with Crippen molar-refractivity contribution in [3.63, 3.8) is 0 Å². The highest BCUT2D eigenvalue weighted by Crippen LogP contribution is 2.19. The summed E-state index contributed by atoms with van der Waals surface area (Å²) in [5.74, 6) is -0.254. The lowest BCUT2D eigenvalue weighted by atomic mass is 10.2. The van der Waals surface area contributed by atoms with Gasteiger partial charge < -0.3 is 9.73 Å². The van der Waals surface area contributed by atoms with Crippen molar-refractivity contribution in [2.24, 2.45) is 0 Å². The standard InChI is InChI=1S/C16H15N3O3S2/c1-10(13-5-3-7-23-13)17-14(20)8-11-9-24-16(18-11)19-15(21)12-4-2-6-22-12/h2-7,9-10H,8H2,1H3,(H,17,20)(H,18,19,21)/t10-/m1/s1. The van der Waals surface area contributed by atoms with E-state index in [4.69, 9.17) is 4.42 Å². The monoisotopic (exact) mass is 361 g/mol. The summed E-state index contributed by atoms with van der Waals surface area (Å²) in [4.78, 5) is 29.3. The molecule has 0 saturated heterocycles. The molecule has 0 spiro atoms. The number of carbonyl (C=O) groups is 2. The molecular formula is C16H15N3O3S2. The molecular weight excluding hydrogens is 346 g/mol. The second kappa shape index (κ2) is 7.41. The van der Waals surface area contributed by atoms with E-state index in [9.17, 15) is 9.59 Å². The van der Waals surface area contributed by atoms with Gasteiger partial charge in [-0.15, -0.1) is 22.7 Å². The second-order valence-electron chi connectivity index (χ2n) is 5.06. The summed E-state index contributed by atoms with van der Waals surface area (Å²) in [7, 11) is 0. The van der Waals surface area contributed by atoms with E-state index in [1.54, 1.807) is 28.8 Å². The van der Waals surface area contributed by atoms with Gasteiger partial charge in [0.15, 0.2) is 10.9 Å². The number of thiophene rings is 1. The molecule has 2 N–H and O–H groups in total. The van der Waals surface area contributed by atoms with Crippen LogP contribution in [0.25, 0.3) is 0 Å². The first-order valence-electron chi connectivity index (χ1n) is 7.24. The number of aromatic nitrogens is 1. The molecule has 3 aromatic heterocycles. The Morgan fingerprint density at radius 3 is 2.88 bits per heavy atom. The number of rotatable bonds is 6. The van der Waals surface area contributed by atoms with Gasteiger partial charge in [-0.3, -0.25) is 14.9 Å². The van der Waals surface area contributed by atoms with Gasteiger partial charge >= 0.3 is 0 Å². The normalized spacial score (nSPS) is 11.9. The molecule has 6 nitrogen and oxygen atoms in total. The molecule has 0 aromatic carbocycles. The molecule has 0 aliphatic carbocycles. The maximum absolute atomic E-state index is 12.1. The van der Waals surface area contributed by atoms with Crippen molar-refractivity contribution in [3.05, 3.63) is 57.6 Å². The van der Waals surface area contributed by atoms with Crippen LogP contribution in [0.3, 0.4) is 0 Å². The summed E-state index contributed by atoms with van der Waals surface area (Å²) in [6, 6.07) is 7.12. The van der Waals surface area contributed by atoms with Gasteiger partial charge in [-0.2, -0.15) is 0 Å². The first-order chi connectivity index (χ1) is 11.6. The number of furan rings is 1. The molecule has 0 fully saturated rings. The van der Waals surface area contributed by atoms with Gasteiger partial charge in [0.05, 0.1) is 24.4 Å². The summed E-state index contributed by atoms with van der Waals surface area (Å²) >= 11 is 2.88. The molecule has 0 radical (unpaired) electrons. The maximum Gasteiger partial charge on any atom is 0.293 e. The number of hydrogen-bond acceptors (Lipinski definition) is 6. The number of thiazole rings is 1. The van der Waals surface area contributed by atoms with Gasteiger partial charge in [0, 0.05) is 10.3 Å². The zero-order chi connectivity index (χ0) is 16.9. The molecule has 0 aliphatic heterocycles. The molecule has 24 heavy (non-hydrogen) atoms. The van der Waals surface area contributed by atoms with Crippen molar-refractivity contribution in [1.82, 2.24) is 10.3 Å². The molecule has 3 rings (SSSR count). The van der Waals surface area contributed by atoms with E-state index in [1.807, 2.05) is 24.4 Å². The number of nitrogens with zero attached hydrogens (tertiary/aromatic N) is 1. The third-order valence-electron chi connectivity index (χ3n) is 3.21. The summed E-state index contributed by atoms with van der Waals surface area (Å²) in [6.07, 6.45) is 1.60. The molecule has 8 heteroatoms. The van der Waals surface area contributed by atoms with E-state index in [-0.39, 0.29) is 30.0 Å². The molecule has 124 valence electrons. The SMILES string of the molecule is C[C@@H](NC(=O)Cc1csc(NC(=O)c2ccco2)n1)c1cccs1. The second-order valence-corrected chi connectivity index (χ2v) is 6.89. The Bertz CT molecular complexity index is 810. The van der Waals surface area contributed by atoms with Gasteiger partial charge in [0.1, 0.15) is 0 Å². The molecule has 1 atom stereocenters. The Hall–Kier alpha value is -2.45. The van der Waals surface area contributed by atoms with Crippen LogP contribution < -0.4 is 10.6 Å². The topological polar surface area (TPSA) is 84.2 Å². The fourth-order valence-electron chi connectivity index (χ4n) is 2.08. The van der Waals surface area contributed by atoms with E-state index < -0.39 is 0 Å². The Kier molecular flexibility index (Phi) is 5.07. The summed E-state index contributed by atoms with van der Waals surface area (Å²) in [5.41, 5.74) is 0.616. The van der Waals surface area contributed by atoms with E-state index in [0.717, 1.165) is 4.88 Å². The van der Waals surface area contributed by atoms with Crippen LogP contribution in [-0.4, -0.2) is 16.8 Å². The van der Waals surface area contributed by atoms with Crippen molar-refractivity contribution >= 4 is 39.6 Å². The summed E-state index contributed by atoms with van der Waals surface area (Å²) < 4.78 is 5.02. The molecule has 3 aromatic rings. The minimum absolute atomic E-state index is 0.0331. The fourth-order valence-corrected chi connectivity index (χ4v) is 3.52. The Morgan fingerprint density at radius 2 is 2.17 bits per heavy atom. The van der Waals surface area contributed by atoms with E-state index in [1.165, 1.54) is 17.6 Å². The predicted molar refractivity (Wildman–Crippen MR) is 93.4 cm³/mol. The highest BCUT2D eigenvalue weighted by molar-refractivity contribution is 7.14. The van der Waals surface area contributed by atoms with Crippen LogP contribution in [0.5, 0.6) is 0 Å². The van der Waals surface area contributed by atoms with Crippen LogP contribution in [-0.2, 0) is 11.2 Å². The largest absolute Gasteiger partial charge is 0.459 e. The zero-order valence-corrected chi connectivity index (χ0v) is 14.4. The van der Waals surface area contributed by atoms with Crippen molar-refractivity contribution in [1.29, 1.82) is 0 Å². The van der Waals surface area contributed by atoms with Crippen LogP contribution in [0.4, 0.5) is 5.13 Å². The lowest BCUT2D eigenvalue weighted by Gasteiger charge is -2.11. The lowest BCUT2D eigenvalue weighted by Crippen LogP contribution is -2.27. The molecule has 0 aliphatic rings. The Balaban J connectivity index is 1.54. The number of amides is 2. The minimum Gasteiger partial charge on any atom is -0.459 e. The molecule has 2 amide bonds. The van der Waals surface area contributed by atoms with Crippen LogP contribution >= 0.6 is 22.7 Å². The maximum atomic E-state index is 12.1. The van der Waals surface area contributed by atoms with E-state index in [0.29, 0.717) is 10.8 Å². The smallest absolute Gasteiger partial charge is 0.293 e. The average Bonchev–Trinajstić information content (AvgIpc) is 3.30. The van der Waals surface area contributed by atoms with E-state index in [2.05, 4.69) is 15.6 Å². The zero-order valence-electron chi connectivity index (χ0n) is 12.8. The lowest BCUT2D eigenvalue weighted by molar-refractivity contribution is -0.121. The van der Waals surface area contributed by atoms with Crippen LogP contribution in [0.15, 0.2) is 45.7 Å². The fraction of sp³-hybridized carbons (Fsp3) is 0.188. The van der Waals surface area contributed by atoms with E-state index >= 15 is 0 Å². The molecule has 0 saturated carbocycles. The van der Waals surface area contributed by atoms with Crippen molar-refractivity contribution in [2.75, 3.05) is 5.32 Å². The molecule has 3 heterocycles. The number of anilines is 1. The Labute approximate surface area is 146 Å². The third-order valence-corrected chi connectivity index (χ3v) is 5.07. The van der Waals surface area contributed by atoms with Crippen molar-refractivity contribution in [3.8, 4) is 0 Å². The predicted octanol–water partition coefficient (Wildman–Crippen LogP) is 3.47. The summed E-state index contributed by atoms with van der Waals surface area (Å²) in [5, 5.41) is 9.75. The highest BCUT2D eigenvalue weighted by Gasteiger charge is 2.14. The highest BCUT2D eigenvalue weighted by atomic mass is 32.1. The van der Waals surface area contributed by atoms with Crippen molar-refractivity contribution < 1.29 is 14.0 Å².